The van der Waals surface area contributed by atoms with Gasteiger partial charge in [0.15, 0.2) is 11.6 Å². The van der Waals surface area contributed by atoms with E-state index in [9.17, 15) is 22.8 Å². The number of nitrogens with zero attached hydrogens (tertiary/aromatic N) is 2. The van der Waals surface area contributed by atoms with E-state index in [-0.39, 0.29) is 46.6 Å². The summed E-state index contributed by atoms with van der Waals surface area (Å²) in [5, 5.41) is 2.62. The van der Waals surface area contributed by atoms with Crippen LogP contribution in [0, 0.1) is 11.7 Å². The van der Waals surface area contributed by atoms with Crippen LogP contribution in [0.4, 0.5) is 23.2 Å². The van der Waals surface area contributed by atoms with Crippen LogP contribution in [0.3, 0.4) is 0 Å². The number of rotatable bonds is 6. The van der Waals surface area contributed by atoms with E-state index in [1.807, 2.05) is 4.57 Å². The van der Waals surface area contributed by atoms with Gasteiger partial charge in [0.25, 0.3) is 5.56 Å². The van der Waals surface area contributed by atoms with E-state index < -0.39 is 35.6 Å². The molecule has 2 aliphatic rings. The number of methoxy groups -OCH3 is 1. The lowest BCUT2D eigenvalue weighted by atomic mass is 10.0. The number of fused-ring (bicyclic) bond motifs is 2. The molecule has 2 aromatic heterocycles. The molecule has 1 aliphatic carbocycles. The van der Waals surface area contributed by atoms with Gasteiger partial charge in [0.1, 0.15) is 15.9 Å². The number of aromatic nitrogens is 2. The molecule has 2 atom stereocenters. The number of nitrogens with one attached hydrogen (secondary N) is 2. The van der Waals surface area contributed by atoms with E-state index in [1.54, 1.807) is 11.8 Å². The molecule has 2 N–H and O–H groups in total. The molecule has 3 heterocycles. The van der Waals surface area contributed by atoms with Crippen LogP contribution in [0.25, 0.3) is 21.1 Å². The van der Waals surface area contributed by atoms with Gasteiger partial charge in [0.2, 0.25) is 5.43 Å². The number of H-pyrrole nitrogens is 1. The standard InChI is InChI=1S/C22H24F4N4O3S.ClH/c1-10(27-9-22(24,25)26)11-5-6-29(8-11)17-14(23)7-13-16(19(17)33-2)30(12-3-4-12)21-15(18(13)31)20(32)28-34-21;/h7,10-12,27H,3-6,8-9H2,1-2H3,(H,28,32);1H/t10?,11-;/m1./s1. The number of hydrogen-bond donors (Lipinski definition) is 2. The molecule has 0 amide bonds. The number of halogens is 5. The molecule has 0 bridgehead atoms. The van der Waals surface area contributed by atoms with Crippen molar-refractivity contribution in [3.63, 3.8) is 0 Å². The molecular formula is C22H25ClF4N4O3S. The van der Waals surface area contributed by atoms with Crippen LogP contribution in [-0.2, 0) is 0 Å². The summed E-state index contributed by atoms with van der Waals surface area (Å²) in [6.45, 7) is 1.40. The van der Waals surface area contributed by atoms with Crippen molar-refractivity contribution in [2.24, 2.45) is 5.92 Å². The summed E-state index contributed by atoms with van der Waals surface area (Å²) < 4.78 is 63.5. The number of aromatic amines is 1. The van der Waals surface area contributed by atoms with Gasteiger partial charge in [0, 0.05) is 25.2 Å². The van der Waals surface area contributed by atoms with E-state index in [2.05, 4.69) is 9.69 Å². The smallest absolute Gasteiger partial charge is 0.401 e. The average Bonchev–Trinajstić information content (AvgIpc) is 3.36. The summed E-state index contributed by atoms with van der Waals surface area (Å²) in [4.78, 5) is 27.7. The van der Waals surface area contributed by atoms with Gasteiger partial charge >= 0.3 is 6.18 Å². The van der Waals surface area contributed by atoms with Gasteiger partial charge < -0.3 is 19.5 Å². The van der Waals surface area contributed by atoms with Crippen molar-refractivity contribution in [1.82, 2.24) is 14.3 Å². The zero-order valence-corrected chi connectivity index (χ0v) is 20.6. The third-order valence-corrected chi connectivity index (χ3v) is 7.67. The van der Waals surface area contributed by atoms with E-state index >= 15 is 4.39 Å². The Bertz CT molecular complexity index is 1380. The highest BCUT2D eigenvalue weighted by Gasteiger charge is 2.36. The van der Waals surface area contributed by atoms with Crippen LogP contribution in [0.1, 0.15) is 32.2 Å². The first-order valence-corrected chi connectivity index (χ1v) is 11.9. The highest BCUT2D eigenvalue weighted by atomic mass is 35.5. The fourth-order valence-electron chi connectivity index (χ4n) is 4.93. The number of alkyl halides is 3. The molecule has 1 unspecified atom stereocenters. The minimum absolute atomic E-state index is 0. The topological polar surface area (TPSA) is 79.4 Å². The van der Waals surface area contributed by atoms with Crippen molar-refractivity contribution in [3.05, 3.63) is 32.5 Å². The minimum atomic E-state index is -4.30. The van der Waals surface area contributed by atoms with Crippen LogP contribution in [0.15, 0.2) is 15.7 Å². The third kappa shape index (κ3) is 4.51. The van der Waals surface area contributed by atoms with Gasteiger partial charge in [0.05, 0.1) is 24.6 Å². The average molecular weight is 537 g/mol. The Labute approximate surface area is 207 Å². The summed E-state index contributed by atoms with van der Waals surface area (Å²) >= 11 is 1.07. The Morgan fingerprint density at radius 2 is 2.00 bits per heavy atom. The zero-order valence-electron chi connectivity index (χ0n) is 19.0. The molecule has 3 aromatic rings. The number of benzene rings is 1. The second-order valence-corrected chi connectivity index (χ2v) is 9.85. The maximum Gasteiger partial charge on any atom is 0.401 e. The van der Waals surface area contributed by atoms with Crippen LogP contribution in [0.2, 0.25) is 0 Å². The fourth-order valence-corrected chi connectivity index (χ4v) is 5.85. The lowest BCUT2D eigenvalue weighted by Gasteiger charge is -2.26. The number of anilines is 1. The molecule has 1 saturated carbocycles. The van der Waals surface area contributed by atoms with Crippen molar-refractivity contribution in [2.45, 2.75) is 44.4 Å². The van der Waals surface area contributed by atoms with E-state index in [0.29, 0.717) is 29.9 Å². The molecule has 7 nitrogen and oxygen atoms in total. The van der Waals surface area contributed by atoms with Crippen LogP contribution >= 0.6 is 23.9 Å². The molecule has 35 heavy (non-hydrogen) atoms. The monoisotopic (exact) mass is 536 g/mol. The Morgan fingerprint density at radius 3 is 2.63 bits per heavy atom. The Hall–Kier alpha value is -2.31. The Balaban J connectivity index is 0.00000289. The van der Waals surface area contributed by atoms with Gasteiger partial charge in [-0.15, -0.1) is 12.4 Å². The Kier molecular flexibility index (Phi) is 6.84. The summed E-state index contributed by atoms with van der Waals surface area (Å²) in [5.74, 6) is -0.574. The number of ether oxygens (including phenoxy) is 1. The highest BCUT2D eigenvalue weighted by molar-refractivity contribution is 7.12. The second-order valence-electron chi connectivity index (χ2n) is 9.06. The normalized spacial score (nSPS) is 19.4. The molecule has 1 aliphatic heterocycles. The fraction of sp³-hybridized carbons (Fsp3) is 0.545. The molecule has 1 aromatic carbocycles. The van der Waals surface area contributed by atoms with Crippen molar-refractivity contribution in [3.8, 4) is 5.75 Å². The van der Waals surface area contributed by atoms with E-state index in [1.165, 1.54) is 7.11 Å². The van der Waals surface area contributed by atoms with Gasteiger partial charge in [-0.2, -0.15) is 13.2 Å². The van der Waals surface area contributed by atoms with E-state index in [4.69, 9.17) is 4.74 Å². The lowest BCUT2D eigenvalue weighted by Crippen LogP contribution is -2.40. The molecule has 2 fully saturated rings. The van der Waals surface area contributed by atoms with Crippen LogP contribution < -0.4 is 25.9 Å². The second kappa shape index (κ2) is 9.29. The van der Waals surface area contributed by atoms with Gasteiger partial charge in [-0.25, -0.2) is 4.39 Å². The first-order valence-electron chi connectivity index (χ1n) is 11.1. The predicted octanol–water partition coefficient (Wildman–Crippen LogP) is 4.18. The predicted molar refractivity (Wildman–Crippen MR) is 130 cm³/mol. The molecule has 1 saturated heterocycles. The van der Waals surface area contributed by atoms with Gasteiger partial charge in [-0.1, -0.05) is 0 Å². The van der Waals surface area contributed by atoms with Crippen molar-refractivity contribution in [1.29, 1.82) is 0 Å². The number of pyridine rings is 1. The third-order valence-electron chi connectivity index (χ3n) is 6.78. The first kappa shape index (κ1) is 25.8. The quantitative estimate of drug-likeness (QED) is 0.462. The van der Waals surface area contributed by atoms with Gasteiger partial charge in [-0.05, 0) is 49.7 Å². The van der Waals surface area contributed by atoms with Gasteiger partial charge in [-0.3, -0.25) is 14.0 Å². The summed E-state index contributed by atoms with van der Waals surface area (Å²) in [6, 6.07) is 0.813. The Morgan fingerprint density at radius 1 is 1.29 bits per heavy atom. The summed E-state index contributed by atoms with van der Waals surface area (Å²) in [5.41, 5.74) is -0.401. The van der Waals surface area contributed by atoms with Crippen molar-refractivity contribution < 1.29 is 22.3 Å². The van der Waals surface area contributed by atoms with E-state index in [0.717, 1.165) is 30.4 Å². The lowest BCUT2D eigenvalue weighted by molar-refractivity contribution is -0.126. The molecule has 192 valence electrons. The van der Waals surface area contributed by atoms with Crippen molar-refractivity contribution in [2.75, 3.05) is 31.6 Å². The zero-order chi connectivity index (χ0) is 24.4. The maximum atomic E-state index is 15.5. The molecule has 0 radical (unpaired) electrons. The SMILES string of the molecule is COc1c(N2CC[C@@H](C(C)NCC(F)(F)F)C2)c(F)cc2c(=O)c3c(=O)[nH]sc3n(C3CC3)c12.Cl. The largest absolute Gasteiger partial charge is 0.492 e. The van der Waals surface area contributed by atoms with Crippen LogP contribution in [-0.4, -0.2) is 47.9 Å². The summed E-state index contributed by atoms with van der Waals surface area (Å²) in [7, 11) is 1.41. The molecule has 13 heteroatoms. The molecule has 5 rings (SSSR count). The maximum absolute atomic E-state index is 15.5. The van der Waals surface area contributed by atoms with Crippen molar-refractivity contribution >= 4 is 50.7 Å². The summed E-state index contributed by atoms with van der Waals surface area (Å²) in [6.07, 6.45) is -1.99. The minimum Gasteiger partial charge on any atom is -0.492 e. The molecule has 0 spiro atoms. The molecular weight excluding hydrogens is 512 g/mol. The highest BCUT2D eigenvalue weighted by Crippen LogP contribution is 2.46. The van der Waals surface area contributed by atoms with Crippen LogP contribution in [0.5, 0.6) is 5.75 Å². The first-order chi connectivity index (χ1) is 16.1. The number of hydrogen-bond acceptors (Lipinski definition) is 6.